The van der Waals surface area contributed by atoms with E-state index in [2.05, 4.69) is 10.1 Å². The number of hydrazine groups is 1. The average Bonchev–Trinajstić information content (AvgIpc) is 3.21. The van der Waals surface area contributed by atoms with E-state index < -0.39 is 134 Å². The van der Waals surface area contributed by atoms with Gasteiger partial charge in [-0.25, -0.2) is 33.2 Å². The van der Waals surface area contributed by atoms with E-state index in [0.29, 0.717) is 30.2 Å². The Hall–Kier alpha value is -4.02. The quantitative estimate of drug-likeness (QED) is 0.0531. The van der Waals surface area contributed by atoms with Crippen LogP contribution >= 0.6 is 0 Å². The predicted molar refractivity (Wildman–Crippen MR) is 263 cm³/mol. The first kappa shape index (κ1) is 61.1. The van der Waals surface area contributed by atoms with Crippen molar-refractivity contribution in [3.8, 4) is 0 Å². The van der Waals surface area contributed by atoms with Crippen LogP contribution in [-0.4, -0.2) is 175 Å². The Kier molecular flexibility index (Phi) is 22.5. The highest BCUT2D eigenvalue weighted by Crippen LogP contribution is 2.39. The lowest BCUT2D eigenvalue weighted by molar-refractivity contribution is -0.198. The first-order valence-electron chi connectivity index (χ1n) is 23.0. The number of nitrogens with two attached hydrogens (primary N) is 1. The molecule has 4 amide bonds. The fourth-order valence-electron chi connectivity index (χ4n) is 6.46. The van der Waals surface area contributed by atoms with Crippen molar-refractivity contribution in [2.24, 2.45) is 5.73 Å². The van der Waals surface area contributed by atoms with Crippen LogP contribution in [0.4, 0.5) is 4.79 Å². The monoisotopic (exact) mass is 1030 g/mol. The summed E-state index contributed by atoms with van der Waals surface area (Å²) < 4.78 is 66.3. The van der Waals surface area contributed by atoms with Gasteiger partial charge in [-0.15, -0.1) is 0 Å². The number of likely N-dealkylation sites (N-methyl/N-ethyl adjacent to an activating group) is 2. The van der Waals surface area contributed by atoms with Crippen LogP contribution in [0, 0.1) is 0 Å². The largest absolute Gasteiger partial charge is 0.462 e. The van der Waals surface area contributed by atoms with Crippen LogP contribution in [0.25, 0.3) is 0 Å². The number of hydrogen-bond acceptors (Lipinski definition) is 16. The number of esters is 2. The molecule has 69 heavy (non-hydrogen) atoms. The van der Waals surface area contributed by atoms with Crippen molar-refractivity contribution in [3.63, 3.8) is 0 Å². The summed E-state index contributed by atoms with van der Waals surface area (Å²) in [4.78, 5) is 86.0. The van der Waals surface area contributed by atoms with Gasteiger partial charge in [0.25, 0.3) is 5.91 Å². The van der Waals surface area contributed by atoms with Crippen LogP contribution in [0.1, 0.15) is 73.8 Å². The van der Waals surface area contributed by atoms with Crippen molar-refractivity contribution in [1.29, 1.82) is 0 Å². The predicted octanol–water partition coefficient (Wildman–Crippen LogP) is 3.09. The molecule has 0 aliphatic carbocycles. The molecule has 2 rings (SSSR count). The number of carbonyl (C=O) groups excluding carboxylic acids is 6. The van der Waals surface area contributed by atoms with Crippen molar-refractivity contribution in [2.45, 2.75) is 160 Å². The molecule has 1 aromatic carbocycles. The third kappa shape index (κ3) is 20.7. The zero-order valence-electron chi connectivity index (χ0n) is 43.3. The molecule has 1 aliphatic heterocycles. The number of amides is 4. The number of nitrogens with zero attached hydrogens (tertiary/aromatic N) is 3. The van der Waals surface area contributed by atoms with Gasteiger partial charge in [0.2, 0.25) is 21.8 Å². The van der Waals surface area contributed by atoms with Gasteiger partial charge in [0.1, 0.15) is 24.9 Å². The number of sulfonamides is 1. The second-order valence-corrected chi connectivity index (χ2v) is 33.7. The zero-order valence-corrected chi connectivity index (χ0v) is 46.2. The van der Waals surface area contributed by atoms with E-state index in [9.17, 15) is 37.5 Å². The molecular formula is C45H80N6O15SSi2. The lowest BCUT2D eigenvalue weighted by Crippen LogP contribution is -2.66. The molecule has 0 spiro atoms. The van der Waals surface area contributed by atoms with Crippen LogP contribution in [0.3, 0.4) is 0 Å². The molecule has 4 atom stereocenters. The van der Waals surface area contributed by atoms with Crippen LogP contribution in [-0.2, 0) is 68.7 Å². The molecule has 0 aromatic heterocycles. The van der Waals surface area contributed by atoms with E-state index in [1.165, 1.54) is 27.9 Å². The Balaban J connectivity index is 2.95. The van der Waals surface area contributed by atoms with E-state index in [4.69, 9.17) is 33.8 Å². The van der Waals surface area contributed by atoms with Crippen LogP contribution in [0.15, 0.2) is 30.3 Å². The van der Waals surface area contributed by atoms with Crippen LogP contribution in [0.5, 0.6) is 0 Å². The third-order valence-corrected chi connectivity index (χ3v) is 19.3. The van der Waals surface area contributed by atoms with Gasteiger partial charge in [-0.1, -0.05) is 70.7 Å². The molecule has 1 aliphatic rings. The molecule has 0 unspecified atom stereocenters. The van der Waals surface area contributed by atoms with E-state index in [-0.39, 0.29) is 19.1 Å². The normalized spacial score (nSPS) is 16.0. The molecule has 1 fully saturated rings. The average molecular weight is 1030 g/mol. The molecule has 1 saturated heterocycles. The summed E-state index contributed by atoms with van der Waals surface area (Å²) in [7, 11) is -6.92. The lowest BCUT2D eigenvalue weighted by atomic mass is 9.97. The molecule has 1 aromatic rings. The Morgan fingerprint density at radius 3 is 1.97 bits per heavy atom. The molecule has 5 N–H and O–H groups in total. The summed E-state index contributed by atoms with van der Waals surface area (Å²) in [6, 6.07) is 3.13. The van der Waals surface area contributed by atoms with Crippen LogP contribution < -0.4 is 15.9 Å². The minimum absolute atomic E-state index is 0.182. The SMILES string of the molecule is CN(CC(=O)N(C)[C@H](C(=O)OC[C@@H](NS(=O)(=O)CC[Si](C)(C)C)C(=O)N(NC(=O)OC(C)(C)C)[C@H](C(=O)OCc1ccccc1)[C@H](CC1OCCCO1)O[Si](C)(C)C(C)(C)C)C(C)(C)O)C(=O)CN. The number of aliphatic hydroxyl groups is 1. The first-order valence-corrected chi connectivity index (χ1v) is 31.3. The summed E-state index contributed by atoms with van der Waals surface area (Å²) in [5.74, 6) is -5.50. The molecule has 24 heteroatoms. The van der Waals surface area contributed by atoms with Crippen LogP contribution in [0.2, 0.25) is 43.8 Å². The maximum Gasteiger partial charge on any atom is 0.426 e. The number of benzene rings is 1. The summed E-state index contributed by atoms with van der Waals surface area (Å²) in [6.07, 6.45) is -3.16. The van der Waals surface area contributed by atoms with Gasteiger partial charge >= 0.3 is 18.0 Å². The number of ether oxygens (including phenoxy) is 5. The van der Waals surface area contributed by atoms with Crippen molar-refractivity contribution < 1.29 is 70.4 Å². The number of rotatable bonds is 23. The van der Waals surface area contributed by atoms with Crippen molar-refractivity contribution in [1.82, 2.24) is 25.0 Å². The Bertz CT molecular complexity index is 2000. The van der Waals surface area contributed by atoms with Gasteiger partial charge in [0.15, 0.2) is 26.7 Å². The fraction of sp³-hybridized carbons (Fsp3) is 0.733. The van der Waals surface area contributed by atoms with Crippen molar-refractivity contribution in [3.05, 3.63) is 35.9 Å². The smallest absolute Gasteiger partial charge is 0.426 e. The zero-order chi connectivity index (χ0) is 52.9. The topological polar surface area (TPSA) is 272 Å². The molecule has 394 valence electrons. The molecule has 21 nitrogen and oxygen atoms in total. The maximum absolute atomic E-state index is 15.5. The van der Waals surface area contributed by atoms with Crippen molar-refractivity contribution in [2.75, 3.05) is 52.8 Å². The highest BCUT2D eigenvalue weighted by atomic mass is 32.2. The van der Waals surface area contributed by atoms with E-state index in [1.54, 1.807) is 51.1 Å². The molecule has 1 heterocycles. The van der Waals surface area contributed by atoms with Gasteiger partial charge in [-0.3, -0.25) is 14.4 Å². The summed E-state index contributed by atoms with van der Waals surface area (Å²) in [6.45, 7) is 21.0. The number of hydrogen-bond donors (Lipinski definition) is 4. The van der Waals surface area contributed by atoms with Gasteiger partial charge in [0.05, 0.1) is 43.8 Å². The summed E-state index contributed by atoms with van der Waals surface area (Å²) in [5, 5.41) is 11.3. The second-order valence-electron chi connectivity index (χ2n) is 21.5. The van der Waals surface area contributed by atoms with Gasteiger partial charge in [-0.2, -0.15) is 4.72 Å². The van der Waals surface area contributed by atoms with Gasteiger partial charge < -0.3 is 48.8 Å². The minimum Gasteiger partial charge on any atom is -0.462 e. The number of carbonyl (C=O) groups is 6. The first-order chi connectivity index (χ1) is 31.5. The third-order valence-electron chi connectivity index (χ3n) is 11.3. The number of nitrogens with one attached hydrogen (secondary N) is 2. The van der Waals surface area contributed by atoms with E-state index in [1.807, 2.05) is 53.5 Å². The minimum atomic E-state index is -4.42. The van der Waals surface area contributed by atoms with Gasteiger partial charge in [-0.05, 0) is 70.8 Å². The van der Waals surface area contributed by atoms with E-state index >= 15 is 4.79 Å². The highest BCUT2D eigenvalue weighted by Gasteiger charge is 2.49. The summed E-state index contributed by atoms with van der Waals surface area (Å²) in [5.41, 5.74) is 5.25. The highest BCUT2D eigenvalue weighted by molar-refractivity contribution is 7.89. The second kappa shape index (κ2) is 25.4. The maximum atomic E-state index is 15.5. The fourth-order valence-corrected chi connectivity index (χ4v) is 12.0. The molecular weight excluding hydrogens is 953 g/mol. The van der Waals surface area contributed by atoms with Crippen molar-refractivity contribution >= 4 is 62.2 Å². The molecule has 0 saturated carbocycles. The van der Waals surface area contributed by atoms with E-state index in [0.717, 1.165) is 9.80 Å². The molecule has 0 bridgehead atoms. The standard InChI is InChI=1S/C45H80N6O15SSi2/c1-43(2,3)65-42(57)47-51(37(40(55)63-29-31-20-17-16-18-21-31)33(26-36-61-22-19-23-62-36)66-69(14,15)44(4,5)6)39(54)32(48-67(59,60)24-25-68(11,12)13)30-64-41(56)38(45(7,8)58)50(10)35(53)28-49(9)34(52)27-46/h16-18,20-21,32-33,36-38,48,58H,19,22-30,46H2,1-15H3,(H,47,57)/t32-,33+,37+,38-/m1/s1. The Labute approximate surface area is 410 Å². The summed E-state index contributed by atoms with van der Waals surface area (Å²) >= 11 is 0. The Morgan fingerprint density at radius 2 is 1.46 bits per heavy atom. The lowest BCUT2D eigenvalue weighted by Gasteiger charge is -2.44. The van der Waals surface area contributed by atoms with Gasteiger partial charge in [0, 0.05) is 28.6 Å². The molecule has 0 radical (unpaired) electrons. The Morgan fingerprint density at radius 1 is 0.884 bits per heavy atom.